The van der Waals surface area contributed by atoms with Crippen molar-refractivity contribution in [3.63, 3.8) is 0 Å². The molecule has 0 saturated carbocycles. The molecule has 0 bridgehead atoms. The number of nitrogens with zero attached hydrogens (tertiary/aromatic N) is 2. The zero-order chi connectivity index (χ0) is 22.9. The highest BCUT2D eigenvalue weighted by atomic mass is 16.2. The van der Waals surface area contributed by atoms with Crippen LogP contribution in [0, 0.1) is 13.8 Å². The van der Waals surface area contributed by atoms with Crippen LogP contribution in [0.3, 0.4) is 0 Å². The van der Waals surface area contributed by atoms with E-state index in [0.29, 0.717) is 11.4 Å². The average molecular weight is 437 g/mol. The molecule has 0 aliphatic carbocycles. The number of rotatable bonds is 4. The molecule has 2 unspecified atom stereocenters. The summed E-state index contributed by atoms with van der Waals surface area (Å²) >= 11 is 0. The van der Waals surface area contributed by atoms with E-state index in [2.05, 4.69) is 10.6 Å². The second-order valence-corrected chi connectivity index (χ2v) is 8.29. The standard InChI is InChI=1S/C27H24N4O2/c1-17-13-15-21(16-14-17)31-25-22(18(2)30-31)23(19-9-5-3-6-10-19)24(27(33)29-25)28-26(32)20-11-7-4-8-12-20/h3-16,23-24H,1-2H3,(H,28,32)(H,29,33). The quantitative estimate of drug-likeness (QED) is 0.499. The number of amides is 2. The fourth-order valence-electron chi connectivity index (χ4n) is 4.40. The van der Waals surface area contributed by atoms with Gasteiger partial charge in [0.15, 0.2) is 0 Å². The van der Waals surface area contributed by atoms with Crippen molar-refractivity contribution >= 4 is 17.6 Å². The van der Waals surface area contributed by atoms with Gasteiger partial charge in [0.2, 0.25) is 5.91 Å². The molecule has 0 spiro atoms. The van der Waals surface area contributed by atoms with Gasteiger partial charge in [-0.15, -0.1) is 0 Å². The minimum Gasteiger partial charge on any atom is -0.339 e. The Kier molecular flexibility index (Phi) is 5.26. The predicted octanol–water partition coefficient (Wildman–Crippen LogP) is 4.37. The van der Waals surface area contributed by atoms with Gasteiger partial charge in [0, 0.05) is 17.0 Å². The van der Waals surface area contributed by atoms with E-state index in [1.807, 2.05) is 74.5 Å². The fraction of sp³-hybridized carbons (Fsp3) is 0.148. The Morgan fingerprint density at radius 1 is 0.909 bits per heavy atom. The SMILES string of the molecule is Cc1ccc(-n2nc(C)c3c2NC(=O)C(NC(=O)c2ccccc2)C3c2ccccc2)cc1. The van der Waals surface area contributed by atoms with E-state index in [9.17, 15) is 9.59 Å². The number of aryl methyl sites for hydroxylation is 2. The van der Waals surface area contributed by atoms with Gasteiger partial charge in [-0.05, 0) is 43.7 Å². The average Bonchev–Trinajstić information content (AvgIpc) is 3.16. The first-order valence-electron chi connectivity index (χ1n) is 10.9. The minimum absolute atomic E-state index is 0.270. The molecule has 0 radical (unpaired) electrons. The maximum atomic E-state index is 13.4. The minimum atomic E-state index is -0.776. The summed E-state index contributed by atoms with van der Waals surface area (Å²) in [6.45, 7) is 3.97. The lowest BCUT2D eigenvalue weighted by Crippen LogP contribution is -2.50. The monoisotopic (exact) mass is 436 g/mol. The lowest BCUT2D eigenvalue weighted by Gasteiger charge is -2.32. The molecule has 2 N–H and O–H groups in total. The Balaban J connectivity index is 1.62. The van der Waals surface area contributed by atoms with Crippen molar-refractivity contribution < 1.29 is 9.59 Å². The molecule has 5 rings (SSSR count). The maximum absolute atomic E-state index is 13.4. The molecular formula is C27H24N4O2. The van der Waals surface area contributed by atoms with E-state index in [0.717, 1.165) is 28.1 Å². The van der Waals surface area contributed by atoms with Gasteiger partial charge in [-0.2, -0.15) is 5.10 Å². The highest BCUT2D eigenvalue weighted by molar-refractivity contribution is 6.04. The number of hydrogen-bond acceptors (Lipinski definition) is 3. The summed E-state index contributed by atoms with van der Waals surface area (Å²) in [5.41, 5.74) is 5.17. The van der Waals surface area contributed by atoms with Gasteiger partial charge < -0.3 is 10.6 Å². The van der Waals surface area contributed by atoms with Crippen LogP contribution in [0.1, 0.15) is 38.7 Å². The van der Waals surface area contributed by atoms with Gasteiger partial charge in [-0.3, -0.25) is 9.59 Å². The van der Waals surface area contributed by atoms with Gasteiger partial charge >= 0.3 is 0 Å². The molecule has 1 aromatic heterocycles. The Hall–Kier alpha value is -4.19. The predicted molar refractivity (Wildman–Crippen MR) is 128 cm³/mol. The van der Waals surface area contributed by atoms with Crippen molar-refractivity contribution in [2.75, 3.05) is 5.32 Å². The summed E-state index contributed by atoms with van der Waals surface area (Å²) in [7, 11) is 0. The molecule has 33 heavy (non-hydrogen) atoms. The van der Waals surface area contributed by atoms with Crippen LogP contribution in [0.5, 0.6) is 0 Å². The van der Waals surface area contributed by atoms with Crippen LogP contribution in [0.4, 0.5) is 5.82 Å². The number of hydrogen-bond donors (Lipinski definition) is 2. The summed E-state index contributed by atoms with van der Waals surface area (Å²) in [5.74, 6) is -0.292. The van der Waals surface area contributed by atoms with Crippen LogP contribution in [-0.2, 0) is 4.79 Å². The van der Waals surface area contributed by atoms with Gasteiger partial charge in [0.25, 0.3) is 5.91 Å². The number of carbonyl (C=O) groups is 2. The molecule has 2 heterocycles. The van der Waals surface area contributed by atoms with Crippen molar-refractivity contribution in [3.05, 3.63) is 113 Å². The second kappa shape index (κ2) is 8.39. The first-order valence-corrected chi connectivity index (χ1v) is 10.9. The lowest BCUT2D eigenvalue weighted by atomic mass is 9.82. The van der Waals surface area contributed by atoms with Gasteiger partial charge in [-0.25, -0.2) is 4.68 Å². The highest BCUT2D eigenvalue weighted by Gasteiger charge is 2.41. The summed E-state index contributed by atoms with van der Waals surface area (Å²) < 4.78 is 1.77. The smallest absolute Gasteiger partial charge is 0.251 e. The summed E-state index contributed by atoms with van der Waals surface area (Å²) in [6.07, 6.45) is 0. The Morgan fingerprint density at radius 2 is 1.55 bits per heavy atom. The van der Waals surface area contributed by atoms with Gasteiger partial charge in [0.1, 0.15) is 11.9 Å². The number of anilines is 1. The number of fused-ring (bicyclic) bond motifs is 1. The first kappa shape index (κ1) is 20.7. The van der Waals surface area contributed by atoms with Crippen LogP contribution >= 0.6 is 0 Å². The van der Waals surface area contributed by atoms with Crippen LogP contribution in [0.15, 0.2) is 84.9 Å². The van der Waals surface area contributed by atoms with Gasteiger partial charge in [-0.1, -0.05) is 66.2 Å². The zero-order valence-electron chi connectivity index (χ0n) is 18.4. The summed E-state index contributed by atoms with van der Waals surface area (Å²) in [5, 5.41) is 10.7. The molecule has 164 valence electrons. The molecule has 2 amide bonds. The Bertz CT molecular complexity index is 1310. The van der Waals surface area contributed by atoms with Crippen LogP contribution in [0.25, 0.3) is 5.69 Å². The fourth-order valence-corrected chi connectivity index (χ4v) is 4.40. The molecular weight excluding hydrogens is 412 g/mol. The Morgan fingerprint density at radius 3 is 2.21 bits per heavy atom. The molecule has 1 aliphatic rings. The molecule has 6 nitrogen and oxygen atoms in total. The van der Waals surface area contributed by atoms with E-state index in [4.69, 9.17) is 5.10 Å². The topological polar surface area (TPSA) is 76.0 Å². The van der Waals surface area contributed by atoms with E-state index >= 15 is 0 Å². The molecule has 4 aromatic rings. The maximum Gasteiger partial charge on any atom is 0.251 e. The summed E-state index contributed by atoms with van der Waals surface area (Å²) in [6, 6.07) is 25.9. The number of aromatic nitrogens is 2. The number of nitrogens with one attached hydrogen (secondary N) is 2. The summed E-state index contributed by atoms with van der Waals surface area (Å²) in [4.78, 5) is 26.4. The second-order valence-electron chi connectivity index (χ2n) is 8.29. The number of carbonyl (C=O) groups excluding carboxylic acids is 2. The molecule has 3 aromatic carbocycles. The van der Waals surface area contributed by atoms with Crippen molar-refractivity contribution in [2.45, 2.75) is 25.8 Å². The molecule has 1 aliphatic heterocycles. The van der Waals surface area contributed by atoms with Crippen molar-refractivity contribution in [2.24, 2.45) is 0 Å². The Labute approximate surface area is 192 Å². The molecule has 6 heteroatoms. The first-order chi connectivity index (χ1) is 16.0. The van der Waals surface area contributed by atoms with Crippen LogP contribution in [0.2, 0.25) is 0 Å². The van der Waals surface area contributed by atoms with Crippen molar-refractivity contribution in [1.82, 2.24) is 15.1 Å². The van der Waals surface area contributed by atoms with E-state index in [-0.39, 0.29) is 17.7 Å². The van der Waals surface area contributed by atoms with Crippen LogP contribution < -0.4 is 10.6 Å². The molecule has 0 fully saturated rings. The normalized spacial score (nSPS) is 17.2. The van der Waals surface area contributed by atoms with Gasteiger partial charge in [0.05, 0.1) is 11.4 Å². The van der Waals surface area contributed by atoms with Crippen molar-refractivity contribution in [1.29, 1.82) is 0 Å². The van der Waals surface area contributed by atoms with E-state index in [1.165, 1.54) is 0 Å². The third-order valence-electron chi connectivity index (χ3n) is 6.03. The van der Waals surface area contributed by atoms with E-state index in [1.54, 1.807) is 28.9 Å². The third-order valence-corrected chi connectivity index (χ3v) is 6.03. The molecule has 0 saturated heterocycles. The third kappa shape index (κ3) is 3.80. The largest absolute Gasteiger partial charge is 0.339 e. The lowest BCUT2D eigenvalue weighted by molar-refractivity contribution is -0.118. The highest BCUT2D eigenvalue weighted by Crippen LogP contribution is 2.40. The van der Waals surface area contributed by atoms with E-state index < -0.39 is 6.04 Å². The number of benzene rings is 3. The zero-order valence-corrected chi connectivity index (χ0v) is 18.4. The van der Waals surface area contributed by atoms with Crippen LogP contribution in [-0.4, -0.2) is 27.6 Å². The molecule has 2 atom stereocenters. The van der Waals surface area contributed by atoms with Crippen molar-refractivity contribution in [3.8, 4) is 5.69 Å².